The number of amides is 1. The lowest BCUT2D eigenvalue weighted by Crippen LogP contribution is -2.31. The number of nitrogens with zero attached hydrogens (tertiary/aromatic N) is 2. The molecular weight excluding hydrogens is 368 g/mol. The van der Waals surface area contributed by atoms with Crippen LogP contribution in [0.4, 0.5) is 0 Å². The Bertz CT molecular complexity index is 1150. The van der Waals surface area contributed by atoms with Crippen molar-refractivity contribution in [3.63, 3.8) is 0 Å². The minimum absolute atomic E-state index is 0.0890. The van der Waals surface area contributed by atoms with Gasteiger partial charge in [-0.05, 0) is 49.2 Å². The number of aromatic nitrogens is 1. The first kappa shape index (κ1) is 18.8. The SMILES string of the molecule is Cc1cccc(-c2nc3c(C)cccc3o2)c1OCC(=O)N(C)Cc1ccco1. The molecule has 148 valence electrons. The molecule has 29 heavy (non-hydrogen) atoms. The number of hydrogen-bond acceptors (Lipinski definition) is 5. The molecule has 0 saturated heterocycles. The average Bonchev–Trinajstić information content (AvgIpc) is 3.37. The Labute approximate surface area is 168 Å². The minimum atomic E-state index is -0.149. The highest BCUT2D eigenvalue weighted by Crippen LogP contribution is 2.34. The fraction of sp³-hybridized carbons (Fsp3) is 0.217. The number of hydrogen-bond donors (Lipinski definition) is 0. The molecule has 0 aliphatic carbocycles. The molecule has 6 nitrogen and oxygen atoms in total. The number of benzene rings is 2. The molecule has 4 aromatic rings. The Morgan fingerprint density at radius 1 is 1.07 bits per heavy atom. The maximum absolute atomic E-state index is 12.5. The van der Waals surface area contributed by atoms with Crippen molar-refractivity contribution in [3.05, 3.63) is 71.7 Å². The maximum Gasteiger partial charge on any atom is 0.260 e. The number of carbonyl (C=O) groups excluding carboxylic acids is 1. The molecular formula is C23H22N2O4. The van der Waals surface area contributed by atoms with Crippen LogP contribution in [-0.4, -0.2) is 29.4 Å². The van der Waals surface area contributed by atoms with Crippen molar-refractivity contribution in [2.75, 3.05) is 13.7 Å². The molecule has 2 aromatic carbocycles. The standard InChI is InChI=1S/C23H22N2O4/c1-15-7-5-11-19-21(15)24-23(29-19)18-10-4-8-16(2)22(18)28-14-20(26)25(3)13-17-9-6-12-27-17/h4-12H,13-14H2,1-3H3. The van der Waals surface area contributed by atoms with Crippen LogP contribution in [-0.2, 0) is 11.3 Å². The van der Waals surface area contributed by atoms with Gasteiger partial charge < -0.3 is 18.5 Å². The predicted octanol–water partition coefficient (Wildman–Crippen LogP) is 4.74. The summed E-state index contributed by atoms with van der Waals surface area (Å²) in [7, 11) is 1.72. The second kappa shape index (κ2) is 7.83. The number of aryl methyl sites for hydroxylation is 2. The van der Waals surface area contributed by atoms with E-state index in [0.717, 1.165) is 33.6 Å². The quantitative estimate of drug-likeness (QED) is 0.476. The van der Waals surface area contributed by atoms with Crippen LogP contribution in [0.2, 0.25) is 0 Å². The van der Waals surface area contributed by atoms with E-state index in [2.05, 4.69) is 4.98 Å². The van der Waals surface area contributed by atoms with Crippen molar-refractivity contribution in [1.29, 1.82) is 0 Å². The van der Waals surface area contributed by atoms with Gasteiger partial charge >= 0.3 is 0 Å². The summed E-state index contributed by atoms with van der Waals surface area (Å²) in [6.07, 6.45) is 1.59. The maximum atomic E-state index is 12.5. The molecule has 0 unspecified atom stereocenters. The van der Waals surface area contributed by atoms with Gasteiger partial charge in [0.05, 0.1) is 18.4 Å². The zero-order valence-corrected chi connectivity index (χ0v) is 16.6. The number of furan rings is 1. The van der Waals surface area contributed by atoms with Crippen molar-refractivity contribution in [2.45, 2.75) is 20.4 Å². The molecule has 0 saturated carbocycles. The molecule has 2 aromatic heterocycles. The van der Waals surface area contributed by atoms with Crippen LogP contribution in [0.1, 0.15) is 16.9 Å². The lowest BCUT2D eigenvalue weighted by Gasteiger charge is -2.17. The molecule has 6 heteroatoms. The molecule has 0 aliphatic rings. The Balaban J connectivity index is 1.56. The van der Waals surface area contributed by atoms with Gasteiger partial charge in [-0.15, -0.1) is 0 Å². The molecule has 0 N–H and O–H groups in total. The molecule has 1 amide bonds. The summed E-state index contributed by atoms with van der Waals surface area (Å²) in [5.74, 6) is 1.64. The lowest BCUT2D eigenvalue weighted by molar-refractivity contribution is -0.132. The third-order valence-electron chi connectivity index (χ3n) is 4.80. The van der Waals surface area contributed by atoms with Crippen molar-refractivity contribution >= 4 is 17.0 Å². The second-order valence-corrected chi connectivity index (χ2v) is 7.01. The van der Waals surface area contributed by atoms with Crippen LogP contribution in [0.3, 0.4) is 0 Å². The van der Waals surface area contributed by atoms with E-state index in [1.165, 1.54) is 0 Å². The van der Waals surface area contributed by atoms with Crippen LogP contribution in [0.5, 0.6) is 5.75 Å². The second-order valence-electron chi connectivity index (χ2n) is 7.01. The fourth-order valence-corrected chi connectivity index (χ4v) is 3.18. The van der Waals surface area contributed by atoms with Gasteiger partial charge in [-0.3, -0.25) is 4.79 Å². The first-order valence-corrected chi connectivity index (χ1v) is 9.38. The number of rotatable bonds is 6. The van der Waals surface area contributed by atoms with Crippen molar-refractivity contribution in [3.8, 4) is 17.2 Å². The Morgan fingerprint density at radius 2 is 1.86 bits per heavy atom. The summed E-state index contributed by atoms with van der Waals surface area (Å²) in [5, 5.41) is 0. The van der Waals surface area contributed by atoms with Gasteiger partial charge in [-0.25, -0.2) is 4.98 Å². The van der Waals surface area contributed by atoms with E-state index >= 15 is 0 Å². The third kappa shape index (κ3) is 3.87. The van der Waals surface area contributed by atoms with Crippen LogP contribution in [0, 0.1) is 13.8 Å². The highest BCUT2D eigenvalue weighted by molar-refractivity contribution is 5.81. The lowest BCUT2D eigenvalue weighted by atomic mass is 10.1. The Morgan fingerprint density at radius 3 is 2.62 bits per heavy atom. The Hall–Kier alpha value is -3.54. The predicted molar refractivity (Wildman–Crippen MR) is 110 cm³/mol. The molecule has 2 heterocycles. The Kier molecular flexibility index (Phi) is 5.08. The van der Waals surface area contributed by atoms with Gasteiger partial charge in [0.1, 0.15) is 17.0 Å². The average molecular weight is 390 g/mol. The van der Waals surface area contributed by atoms with E-state index in [0.29, 0.717) is 18.2 Å². The summed E-state index contributed by atoms with van der Waals surface area (Å²) in [4.78, 5) is 18.7. The van der Waals surface area contributed by atoms with Crippen molar-refractivity contribution in [1.82, 2.24) is 9.88 Å². The van der Waals surface area contributed by atoms with E-state index < -0.39 is 0 Å². The van der Waals surface area contributed by atoms with Gasteiger partial charge in [-0.2, -0.15) is 0 Å². The smallest absolute Gasteiger partial charge is 0.260 e. The van der Waals surface area contributed by atoms with Gasteiger partial charge in [-0.1, -0.05) is 24.3 Å². The van der Waals surface area contributed by atoms with Gasteiger partial charge in [0.25, 0.3) is 5.91 Å². The van der Waals surface area contributed by atoms with Crippen LogP contribution < -0.4 is 4.74 Å². The molecule has 0 radical (unpaired) electrons. The summed E-state index contributed by atoms with van der Waals surface area (Å²) in [5.41, 5.74) is 4.22. The summed E-state index contributed by atoms with van der Waals surface area (Å²) < 4.78 is 17.2. The van der Waals surface area contributed by atoms with E-state index in [4.69, 9.17) is 13.6 Å². The van der Waals surface area contributed by atoms with Crippen LogP contribution in [0.15, 0.2) is 63.6 Å². The van der Waals surface area contributed by atoms with Crippen molar-refractivity contribution < 1.29 is 18.4 Å². The summed E-state index contributed by atoms with van der Waals surface area (Å²) >= 11 is 0. The number of carbonyl (C=O) groups is 1. The highest BCUT2D eigenvalue weighted by Gasteiger charge is 2.18. The third-order valence-corrected chi connectivity index (χ3v) is 4.80. The van der Waals surface area contributed by atoms with E-state index in [1.54, 1.807) is 24.3 Å². The molecule has 0 spiro atoms. The van der Waals surface area contributed by atoms with E-state index in [1.807, 2.05) is 56.3 Å². The zero-order chi connectivity index (χ0) is 20.4. The fourth-order valence-electron chi connectivity index (χ4n) is 3.18. The number of oxazole rings is 1. The number of ether oxygens (including phenoxy) is 1. The molecule has 0 bridgehead atoms. The number of likely N-dealkylation sites (N-methyl/N-ethyl adjacent to an activating group) is 1. The van der Waals surface area contributed by atoms with Gasteiger partial charge in [0.2, 0.25) is 5.89 Å². The summed E-state index contributed by atoms with van der Waals surface area (Å²) in [6, 6.07) is 15.2. The zero-order valence-electron chi connectivity index (χ0n) is 16.6. The molecule has 0 atom stereocenters. The summed E-state index contributed by atoms with van der Waals surface area (Å²) in [6.45, 7) is 4.23. The van der Waals surface area contributed by atoms with Gasteiger partial charge in [0, 0.05) is 7.05 Å². The van der Waals surface area contributed by atoms with Crippen LogP contribution >= 0.6 is 0 Å². The van der Waals surface area contributed by atoms with Crippen molar-refractivity contribution in [2.24, 2.45) is 0 Å². The molecule has 4 rings (SSSR count). The monoisotopic (exact) mass is 390 g/mol. The number of fused-ring (bicyclic) bond motifs is 1. The first-order chi connectivity index (χ1) is 14.0. The normalized spacial score (nSPS) is 11.0. The van der Waals surface area contributed by atoms with E-state index in [-0.39, 0.29) is 12.5 Å². The topological polar surface area (TPSA) is 68.7 Å². The molecule has 0 fully saturated rings. The minimum Gasteiger partial charge on any atom is -0.483 e. The molecule has 0 aliphatic heterocycles. The van der Waals surface area contributed by atoms with Crippen LogP contribution in [0.25, 0.3) is 22.6 Å². The van der Waals surface area contributed by atoms with E-state index in [9.17, 15) is 4.79 Å². The number of para-hydroxylation sites is 2. The largest absolute Gasteiger partial charge is 0.483 e. The highest BCUT2D eigenvalue weighted by atomic mass is 16.5. The van der Waals surface area contributed by atoms with Gasteiger partial charge in [0.15, 0.2) is 12.2 Å². The first-order valence-electron chi connectivity index (χ1n) is 9.38.